The second-order valence-corrected chi connectivity index (χ2v) is 5.91. The van der Waals surface area contributed by atoms with Crippen LogP contribution in [-0.4, -0.2) is 35.1 Å². The van der Waals surface area contributed by atoms with Gasteiger partial charge < -0.3 is 10.0 Å². The topological polar surface area (TPSA) is 40.5 Å². The zero-order valence-corrected chi connectivity index (χ0v) is 12.4. The lowest BCUT2D eigenvalue weighted by Crippen LogP contribution is -2.46. The number of benzene rings is 1. The molecule has 1 amide bonds. The van der Waals surface area contributed by atoms with Crippen molar-refractivity contribution in [3.63, 3.8) is 0 Å². The minimum absolute atomic E-state index is 0.178. The number of hydrogen-bond donors (Lipinski definition) is 1. The first-order valence-electron chi connectivity index (χ1n) is 6.40. The van der Waals surface area contributed by atoms with Crippen LogP contribution in [0.2, 0.25) is 0 Å². The Balaban J connectivity index is 2.18. The number of halogens is 2. The van der Waals surface area contributed by atoms with Crippen molar-refractivity contribution in [2.24, 2.45) is 0 Å². The molecule has 0 heterocycles. The number of hydrogen-bond acceptors (Lipinski definition) is 2. The van der Waals surface area contributed by atoms with Crippen molar-refractivity contribution >= 4 is 21.8 Å². The molecule has 1 N–H and O–H groups in total. The van der Waals surface area contributed by atoms with Gasteiger partial charge in [-0.05, 0) is 31.0 Å². The molecule has 0 spiro atoms. The maximum Gasteiger partial charge on any atom is 0.254 e. The number of rotatable bonds is 2. The van der Waals surface area contributed by atoms with Gasteiger partial charge in [0.25, 0.3) is 5.91 Å². The molecule has 19 heavy (non-hydrogen) atoms. The summed E-state index contributed by atoms with van der Waals surface area (Å²) in [4.78, 5) is 13.9. The van der Waals surface area contributed by atoms with Gasteiger partial charge in [-0.1, -0.05) is 28.8 Å². The van der Waals surface area contributed by atoms with E-state index < -0.39 is 11.9 Å². The third-order valence-electron chi connectivity index (χ3n) is 3.62. The Bertz CT molecular complexity index is 460. The second kappa shape index (κ2) is 6.01. The van der Waals surface area contributed by atoms with E-state index in [9.17, 15) is 14.3 Å². The van der Waals surface area contributed by atoms with Gasteiger partial charge in [-0.15, -0.1) is 0 Å². The third-order valence-corrected chi connectivity index (χ3v) is 4.08. The molecule has 1 aliphatic carbocycles. The minimum atomic E-state index is -0.486. The lowest BCUT2D eigenvalue weighted by Gasteiger charge is -2.35. The average Bonchev–Trinajstić information content (AvgIpc) is 2.36. The van der Waals surface area contributed by atoms with Gasteiger partial charge in [0.2, 0.25) is 0 Å². The molecular formula is C14H17BrFNO2. The largest absolute Gasteiger partial charge is 0.391 e. The van der Waals surface area contributed by atoms with Crippen LogP contribution in [0, 0.1) is 5.82 Å². The van der Waals surface area contributed by atoms with Gasteiger partial charge in [0.05, 0.1) is 12.1 Å². The highest BCUT2D eigenvalue weighted by Gasteiger charge is 2.30. The van der Waals surface area contributed by atoms with Crippen LogP contribution in [0.4, 0.5) is 4.39 Å². The van der Waals surface area contributed by atoms with E-state index in [0.717, 1.165) is 25.7 Å². The number of amides is 1. The van der Waals surface area contributed by atoms with Gasteiger partial charge >= 0.3 is 0 Å². The minimum Gasteiger partial charge on any atom is -0.391 e. The zero-order valence-electron chi connectivity index (χ0n) is 10.8. The molecule has 5 heteroatoms. The van der Waals surface area contributed by atoms with Crippen LogP contribution in [0.5, 0.6) is 0 Å². The molecule has 2 atom stereocenters. The van der Waals surface area contributed by atoms with Crippen molar-refractivity contribution in [1.82, 2.24) is 4.90 Å². The van der Waals surface area contributed by atoms with Crippen LogP contribution in [-0.2, 0) is 0 Å². The van der Waals surface area contributed by atoms with Gasteiger partial charge in [-0.25, -0.2) is 4.39 Å². The van der Waals surface area contributed by atoms with E-state index >= 15 is 0 Å². The Morgan fingerprint density at radius 1 is 1.37 bits per heavy atom. The predicted octanol–water partition coefficient (Wildman–Crippen LogP) is 2.96. The fraction of sp³-hybridized carbons (Fsp3) is 0.500. The fourth-order valence-corrected chi connectivity index (χ4v) is 3.04. The van der Waals surface area contributed by atoms with E-state index in [4.69, 9.17) is 0 Å². The van der Waals surface area contributed by atoms with Gasteiger partial charge in [0, 0.05) is 17.1 Å². The highest BCUT2D eigenvalue weighted by Crippen LogP contribution is 2.24. The summed E-state index contributed by atoms with van der Waals surface area (Å²) in [7, 11) is 1.67. The van der Waals surface area contributed by atoms with E-state index in [2.05, 4.69) is 15.9 Å². The summed E-state index contributed by atoms with van der Waals surface area (Å²) in [5.41, 5.74) is 0.298. The number of aliphatic hydroxyl groups excluding tert-OH is 1. The quantitative estimate of drug-likeness (QED) is 0.906. The molecule has 104 valence electrons. The molecule has 1 saturated carbocycles. The lowest BCUT2D eigenvalue weighted by atomic mass is 9.91. The number of aliphatic hydroxyl groups is 1. The maximum absolute atomic E-state index is 13.3. The molecule has 2 rings (SSSR count). The van der Waals surface area contributed by atoms with Crippen LogP contribution < -0.4 is 0 Å². The average molecular weight is 330 g/mol. The lowest BCUT2D eigenvalue weighted by molar-refractivity contribution is 0.0267. The van der Waals surface area contributed by atoms with Gasteiger partial charge in [-0.2, -0.15) is 0 Å². The number of carbonyl (C=O) groups excluding carboxylic acids is 1. The maximum atomic E-state index is 13.3. The van der Waals surface area contributed by atoms with Crippen molar-refractivity contribution in [1.29, 1.82) is 0 Å². The molecular weight excluding hydrogens is 313 g/mol. The summed E-state index contributed by atoms with van der Waals surface area (Å²) >= 11 is 3.18. The SMILES string of the molecule is CN(C(=O)c1cc(F)cc(Br)c1)C1CCCCC1O. The van der Waals surface area contributed by atoms with Crippen LogP contribution in [0.3, 0.4) is 0 Å². The molecule has 0 radical (unpaired) electrons. The molecule has 2 unspecified atom stereocenters. The first kappa shape index (κ1) is 14.5. The summed E-state index contributed by atoms with van der Waals surface area (Å²) in [6, 6.07) is 3.95. The van der Waals surface area contributed by atoms with Crippen molar-refractivity contribution in [3.8, 4) is 0 Å². The summed E-state index contributed by atoms with van der Waals surface area (Å²) in [6.45, 7) is 0. The van der Waals surface area contributed by atoms with Crippen molar-refractivity contribution in [2.45, 2.75) is 37.8 Å². The van der Waals surface area contributed by atoms with Crippen LogP contribution in [0.15, 0.2) is 22.7 Å². The number of carbonyl (C=O) groups is 1. The van der Waals surface area contributed by atoms with Gasteiger partial charge in [0.1, 0.15) is 5.82 Å². The van der Waals surface area contributed by atoms with Crippen LogP contribution in [0.1, 0.15) is 36.0 Å². The molecule has 1 fully saturated rings. The van der Waals surface area contributed by atoms with Crippen molar-refractivity contribution in [3.05, 3.63) is 34.1 Å². The Kier molecular flexibility index (Phi) is 4.58. The summed E-state index contributed by atoms with van der Waals surface area (Å²) in [6.07, 6.45) is 3.02. The molecule has 0 bridgehead atoms. The molecule has 1 aromatic rings. The highest BCUT2D eigenvalue weighted by atomic mass is 79.9. The first-order chi connectivity index (χ1) is 8.99. The normalized spacial score (nSPS) is 23.2. The monoisotopic (exact) mass is 329 g/mol. The molecule has 3 nitrogen and oxygen atoms in total. The number of nitrogens with zero attached hydrogens (tertiary/aromatic N) is 1. The van der Waals surface area contributed by atoms with E-state index in [1.54, 1.807) is 13.1 Å². The van der Waals surface area contributed by atoms with Gasteiger partial charge in [-0.3, -0.25) is 4.79 Å². The van der Waals surface area contributed by atoms with E-state index in [1.165, 1.54) is 17.0 Å². The standard InChI is InChI=1S/C14H17BrFNO2/c1-17(12-4-2-3-5-13(12)18)14(19)9-6-10(15)8-11(16)7-9/h6-8,12-13,18H,2-5H2,1H3. The zero-order chi connectivity index (χ0) is 14.0. The van der Waals surface area contributed by atoms with Crippen LogP contribution in [0.25, 0.3) is 0 Å². The van der Waals surface area contributed by atoms with Crippen molar-refractivity contribution < 1.29 is 14.3 Å². The molecule has 0 aromatic heterocycles. The first-order valence-corrected chi connectivity index (χ1v) is 7.19. The molecule has 1 aliphatic rings. The Morgan fingerprint density at radius 2 is 2.05 bits per heavy atom. The van der Waals surface area contributed by atoms with E-state index in [-0.39, 0.29) is 11.9 Å². The van der Waals surface area contributed by atoms with E-state index in [0.29, 0.717) is 10.0 Å². The highest BCUT2D eigenvalue weighted by molar-refractivity contribution is 9.10. The molecule has 1 aromatic carbocycles. The number of likely N-dealkylation sites (N-methyl/N-ethyl adjacent to an activating group) is 1. The predicted molar refractivity (Wildman–Crippen MR) is 74.5 cm³/mol. The summed E-state index contributed by atoms with van der Waals surface area (Å²) in [5, 5.41) is 9.97. The molecule has 0 aliphatic heterocycles. The smallest absolute Gasteiger partial charge is 0.254 e. The fourth-order valence-electron chi connectivity index (χ4n) is 2.58. The molecule has 0 saturated heterocycles. The summed E-state index contributed by atoms with van der Waals surface area (Å²) in [5.74, 6) is -0.707. The van der Waals surface area contributed by atoms with E-state index in [1.807, 2.05) is 0 Å². The van der Waals surface area contributed by atoms with Gasteiger partial charge in [0.15, 0.2) is 0 Å². The Hall–Kier alpha value is -0.940. The van der Waals surface area contributed by atoms with Crippen molar-refractivity contribution in [2.75, 3.05) is 7.05 Å². The van der Waals surface area contributed by atoms with Crippen LogP contribution >= 0.6 is 15.9 Å². The second-order valence-electron chi connectivity index (χ2n) is 4.99. The Morgan fingerprint density at radius 3 is 2.68 bits per heavy atom. The Labute approximate surface area is 120 Å². The summed E-state index contributed by atoms with van der Waals surface area (Å²) < 4.78 is 13.9. The third kappa shape index (κ3) is 3.34.